The molecule has 1 rings (SSSR count). The van der Waals surface area contributed by atoms with Gasteiger partial charge >= 0.3 is 0 Å². The second kappa shape index (κ2) is 5.32. The van der Waals surface area contributed by atoms with Crippen LogP contribution in [0, 0.1) is 17.5 Å². The molecule has 1 aromatic rings. The fraction of sp³-hybridized carbons (Fsp3) is 0.455. The monoisotopic (exact) mass is 233 g/mol. The van der Waals surface area contributed by atoms with Gasteiger partial charge in [0.1, 0.15) is 5.82 Å². The molecule has 2 unspecified atom stereocenters. The molecule has 2 N–H and O–H groups in total. The van der Waals surface area contributed by atoms with E-state index in [1.54, 1.807) is 6.92 Å². The molecule has 0 heterocycles. The molecule has 0 aromatic heterocycles. The van der Waals surface area contributed by atoms with Crippen LogP contribution in [0.15, 0.2) is 12.1 Å². The maximum Gasteiger partial charge on any atom is 0.161 e. The predicted octanol–water partition coefficient (Wildman–Crippen LogP) is 2.14. The summed E-state index contributed by atoms with van der Waals surface area (Å²) >= 11 is 0. The van der Waals surface area contributed by atoms with Crippen LogP contribution < -0.4 is 5.32 Å². The Labute approximate surface area is 92.1 Å². The molecule has 90 valence electrons. The number of aliphatic hydroxyl groups is 1. The van der Waals surface area contributed by atoms with Crippen LogP contribution in [0.5, 0.6) is 0 Å². The molecule has 0 aliphatic rings. The lowest BCUT2D eigenvalue weighted by atomic mass is 10.0. The smallest absolute Gasteiger partial charge is 0.161 e. The number of hydrogen-bond donors (Lipinski definition) is 2. The van der Waals surface area contributed by atoms with Crippen molar-refractivity contribution in [3.05, 3.63) is 35.1 Å². The first-order valence-electron chi connectivity index (χ1n) is 5.03. The van der Waals surface area contributed by atoms with Crippen molar-refractivity contribution in [1.82, 2.24) is 5.32 Å². The van der Waals surface area contributed by atoms with Crippen LogP contribution in [0.25, 0.3) is 0 Å². The molecule has 0 aliphatic carbocycles. The van der Waals surface area contributed by atoms with Gasteiger partial charge in [0, 0.05) is 17.7 Å². The van der Waals surface area contributed by atoms with Gasteiger partial charge in [-0.2, -0.15) is 0 Å². The van der Waals surface area contributed by atoms with Gasteiger partial charge in [-0.1, -0.05) is 6.92 Å². The number of hydrogen-bond acceptors (Lipinski definition) is 2. The predicted molar refractivity (Wildman–Crippen MR) is 54.4 cm³/mol. The van der Waals surface area contributed by atoms with Crippen LogP contribution in [0.1, 0.15) is 25.5 Å². The molecule has 0 bridgehead atoms. The molecule has 2 nitrogen and oxygen atoms in total. The third kappa shape index (κ3) is 2.74. The Morgan fingerprint density at radius 3 is 2.31 bits per heavy atom. The highest BCUT2D eigenvalue weighted by Gasteiger charge is 2.21. The van der Waals surface area contributed by atoms with E-state index in [9.17, 15) is 18.3 Å². The Morgan fingerprint density at radius 2 is 1.75 bits per heavy atom. The third-order valence-corrected chi connectivity index (χ3v) is 2.36. The van der Waals surface area contributed by atoms with Crippen molar-refractivity contribution in [3.63, 3.8) is 0 Å². The first-order valence-corrected chi connectivity index (χ1v) is 5.03. The number of halogens is 3. The lowest BCUT2D eigenvalue weighted by molar-refractivity contribution is 0.132. The molecule has 2 atom stereocenters. The lowest BCUT2D eigenvalue weighted by Gasteiger charge is -2.20. The molecule has 0 amide bonds. The van der Waals surface area contributed by atoms with E-state index in [1.807, 2.05) is 6.92 Å². The van der Waals surface area contributed by atoms with E-state index in [4.69, 9.17) is 0 Å². The third-order valence-electron chi connectivity index (χ3n) is 2.36. The number of rotatable bonds is 4. The first-order chi connectivity index (χ1) is 7.47. The minimum atomic E-state index is -1.26. The summed E-state index contributed by atoms with van der Waals surface area (Å²) in [7, 11) is 0. The van der Waals surface area contributed by atoms with Gasteiger partial charge < -0.3 is 10.4 Å². The topological polar surface area (TPSA) is 32.3 Å². The highest BCUT2D eigenvalue weighted by Crippen LogP contribution is 2.22. The summed E-state index contributed by atoms with van der Waals surface area (Å²) in [5, 5.41) is 12.6. The fourth-order valence-electron chi connectivity index (χ4n) is 1.47. The minimum absolute atomic E-state index is 0.243. The molecule has 0 radical (unpaired) electrons. The molecular weight excluding hydrogens is 219 g/mol. The van der Waals surface area contributed by atoms with Crippen LogP contribution in [0.4, 0.5) is 13.2 Å². The standard InChI is InChI=1S/C11H14F3NO/c1-3-15-6(2)11(16)7-4-9(13)10(14)5-8(7)12/h4-6,11,15-16H,3H2,1-2H3. The normalized spacial score (nSPS) is 14.9. The summed E-state index contributed by atoms with van der Waals surface area (Å²) in [6, 6.07) is 0.680. The molecule has 16 heavy (non-hydrogen) atoms. The summed E-state index contributed by atoms with van der Waals surface area (Å²) in [4.78, 5) is 0. The second-order valence-corrected chi connectivity index (χ2v) is 3.58. The summed E-state index contributed by atoms with van der Waals surface area (Å²) < 4.78 is 38.8. The Bertz CT molecular complexity index is 370. The number of nitrogens with one attached hydrogen (secondary N) is 1. The van der Waals surface area contributed by atoms with Gasteiger partial charge in [0.2, 0.25) is 0 Å². The second-order valence-electron chi connectivity index (χ2n) is 3.58. The zero-order chi connectivity index (χ0) is 12.3. The van der Waals surface area contributed by atoms with Crippen LogP contribution in [0.3, 0.4) is 0 Å². The van der Waals surface area contributed by atoms with E-state index >= 15 is 0 Å². The first kappa shape index (κ1) is 13.0. The largest absolute Gasteiger partial charge is 0.387 e. The average Bonchev–Trinajstić information content (AvgIpc) is 2.23. The SMILES string of the molecule is CCNC(C)C(O)c1cc(F)c(F)cc1F. The van der Waals surface area contributed by atoms with Crippen molar-refractivity contribution in [2.75, 3.05) is 6.54 Å². The maximum absolute atomic E-state index is 13.3. The molecule has 0 fully saturated rings. The van der Waals surface area contributed by atoms with Crippen molar-refractivity contribution in [2.45, 2.75) is 26.0 Å². The van der Waals surface area contributed by atoms with Crippen molar-refractivity contribution in [2.24, 2.45) is 0 Å². The van der Waals surface area contributed by atoms with Gasteiger partial charge in [0.05, 0.1) is 6.10 Å². The molecular formula is C11H14F3NO. The zero-order valence-electron chi connectivity index (χ0n) is 9.10. The zero-order valence-corrected chi connectivity index (χ0v) is 9.10. The Balaban J connectivity index is 2.99. The molecule has 0 spiro atoms. The van der Waals surface area contributed by atoms with Gasteiger partial charge in [-0.05, 0) is 19.5 Å². The summed E-state index contributed by atoms with van der Waals surface area (Å²) in [6.45, 7) is 4.04. The van der Waals surface area contributed by atoms with Gasteiger partial charge in [0.25, 0.3) is 0 Å². The molecule has 0 aliphatic heterocycles. The van der Waals surface area contributed by atoms with Crippen LogP contribution in [-0.2, 0) is 0 Å². The van der Waals surface area contributed by atoms with Crippen LogP contribution in [-0.4, -0.2) is 17.7 Å². The Morgan fingerprint density at radius 1 is 1.19 bits per heavy atom. The summed E-state index contributed by atoms with van der Waals surface area (Å²) in [5.74, 6) is -3.38. The van der Waals surface area contributed by atoms with Crippen molar-refractivity contribution >= 4 is 0 Å². The van der Waals surface area contributed by atoms with Gasteiger partial charge in [-0.15, -0.1) is 0 Å². The Kier molecular flexibility index (Phi) is 4.32. The van der Waals surface area contributed by atoms with Gasteiger partial charge in [-0.3, -0.25) is 0 Å². The van der Waals surface area contributed by atoms with E-state index in [2.05, 4.69) is 5.32 Å². The lowest BCUT2D eigenvalue weighted by Crippen LogP contribution is -2.32. The van der Waals surface area contributed by atoms with E-state index in [0.29, 0.717) is 18.7 Å². The molecule has 5 heteroatoms. The van der Waals surface area contributed by atoms with Crippen molar-refractivity contribution < 1.29 is 18.3 Å². The van der Waals surface area contributed by atoms with Gasteiger partial charge in [0.15, 0.2) is 11.6 Å². The van der Waals surface area contributed by atoms with Gasteiger partial charge in [-0.25, -0.2) is 13.2 Å². The number of aliphatic hydroxyl groups excluding tert-OH is 1. The number of benzene rings is 1. The van der Waals surface area contributed by atoms with Crippen LogP contribution >= 0.6 is 0 Å². The maximum atomic E-state index is 13.3. The van der Waals surface area contributed by atoms with Crippen molar-refractivity contribution in [3.8, 4) is 0 Å². The number of likely N-dealkylation sites (N-methyl/N-ethyl adjacent to an activating group) is 1. The Hall–Kier alpha value is -1.07. The summed E-state index contributed by atoms with van der Waals surface area (Å²) in [6.07, 6.45) is -1.21. The highest BCUT2D eigenvalue weighted by molar-refractivity contribution is 5.23. The highest BCUT2D eigenvalue weighted by atomic mass is 19.2. The molecule has 1 aromatic carbocycles. The van der Waals surface area contributed by atoms with E-state index < -0.39 is 29.6 Å². The minimum Gasteiger partial charge on any atom is -0.387 e. The fourth-order valence-corrected chi connectivity index (χ4v) is 1.47. The van der Waals surface area contributed by atoms with Crippen LogP contribution in [0.2, 0.25) is 0 Å². The van der Waals surface area contributed by atoms with E-state index in [-0.39, 0.29) is 5.56 Å². The summed E-state index contributed by atoms with van der Waals surface area (Å²) in [5.41, 5.74) is -0.243. The molecule has 0 saturated heterocycles. The average molecular weight is 233 g/mol. The van der Waals surface area contributed by atoms with Crippen molar-refractivity contribution in [1.29, 1.82) is 0 Å². The van der Waals surface area contributed by atoms with E-state index in [1.165, 1.54) is 0 Å². The van der Waals surface area contributed by atoms with E-state index in [0.717, 1.165) is 0 Å². The quantitative estimate of drug-likeness (QED) is 0.781. The molecule has 0 saturated carbocycles.